The molecule has 1 aromatic carbocycles. The number of rotatable bonds is 7. The van der Waals surface area contributed by atoms with E-state index in [9.17, 15) is 13.2 Å². The second kappa shape index (κ2) is 9.04. The topological polar surface area (TPSA) is 82.9 Å². The molecule has 0 bridgehead atoms. The standard InChI is InChI=1S/C23H31N3O4S/c1-3-14-31(28,29)25-11-8-19(9-12-25)24-23(27)20-10-13-30-22(20)16-26-17(2)15-18-6-4-5-7-21(18)26/h4-7,10,13,17,19H,3,8-9,11-12,14-16H2,1-2H3,(H,24,27). The molecule has 1 saturated heterocycles. The van der Waals surface area contributed by atoms with Crippen LogP contribution in [-0.2, 0) is 23.0 Å². The van der Waals surface area contributed by atoms with Crippen molar-refractivity contribution < 1.29 is 17.6 Å². The van der Waals surface area contributed by atoms with E-state index in [0.29, 0.717) is 56.3 Å². The van der Waals surface area contributed by atoms with E-state index in [2.05, 4.69) is 35.3 Å². The zero-order valence-electron chi connectivity index (χ0n) is 18.2. The Bertz CT molecular complexity index is 1020. The van der Waals surface area contributed by atoms with Crippen LogP contribution in [0.25, 0.3) is 0 Å². The Morgan fingerprint density at radius 3 is 2.68 bits per heavy atom. The summed E-state index contributed by atoms with van der Waals surface area (Å²) in [5.41, 5.74) is 3.06. The zero-order chi connectivity index (χ0) is 22.0. The second-order valence-electron chi connectivity index (χ2n) is 8.53. The monoisotopic (exact) mass is 445 g/mol. The number of nitrogens with zero attached hydrogens (tertiary/aromatic N) is 2. The number of fused-ring (bicyclic) bond motifs is 1. The molecule has 2 aromatic rings. The summed E-state index contributed by atoms with van der Waals surface area (Å²) in [5, 5.41) is 3.08. The Hall–Kier alpha value is -2.32. The molecule has 168 valence electrons. The highest BCUT2D eigenvalue weighted by atomic mass is 32.2. The van der Waals surface area contributed by atoms with Gasteiger partial charge in [-0.15, -0.1) is 0 Å². The number of hydrogen-bond donors (Lipinski definition) is 1. The van der Waals surface area contributed by atoms with Gasteiger partial charge in [0.05, 0.1) is 24.1 Å². The van der Waals surface area contributed by atoms with E-state index in [0.717, 1.165) is 6.42 Å². The number of benzene rings is 1. The van der Waals surface area contributed by atoms with E-state index >= 15 is 0 Å². The molecule has 0 aliphatic carbocycles. The average molecular weight is 446 g/mol. The maximum Gasteiger partial charge on any atom is 0.255 e. The number of carbonyl (C=O) groups excluding carboxylic acids is 1. The van der Waals surface area contributed by atoms with E-state index < -0.39 is 10.0 Å². The summed E-state index contributed by atoms with van der Waals surface area (Å²) in [6, 6.07) is 10.4. The average Bonchev–Trinajstić information content (AvgIpc) is 3.33. The lowest BCUT2D eigenvalue weighted by molar-refractivity contribution is 0.0921. The van der Waals surface area contributed by atoms with Crippen LogP contribution in [0.2, 0.25) is 0 Å². The molecule has 0 spiro atoms. The van der Waals surface area contributed by atoms with E-state index in [1.54, 1.807) is 16.6 Å². The number of anilines is 1. The van der Waals surface area contributed by atoms with Gasteiger partial charge in [-0.3, -0.25) is 4.79 Å². The van der Waals surface area contributed by atoms with Crippen LogP contribution >= 0.6 is 0 Å². The van der Waals surface area contributed by atoms with Gasteiger partial charge >= 0.3 is 0 Å². The highest BCUT2D eigenvalue weighted by Crippen LogP contribution is 2.33. The number of furan rings is 1. The van der Waals surface area contributed by atoms with Crippen LogP contribution in [0.1, 0.15) is 54.8 Å². The van der Waals surface area contributed by atoms with Crippen LogP contribution in [-0.4, -0.2) is 49.6 Å². The largest absolute Gasteiger partial charge is 0.467 e. The molecule has 1 atom stereocenters. The molecule has 2 aliphatic rings. The van der Waals surface area contributed by atoms with Gasteiger partial charge in [-0.2, -0.15) is 0 Å². The van der Waals surface area contributed by atoms with Crippen LogP contribution in [0.4, 0.5) is 5.69 Å². The Labute approximate surface area is 184 Å². The molecule has 0 saturated carbocycles. The Morgan fingerprint density at radius 2 is 1.94 bits per heavy atom. The van der Waals surface area contributed by atoms with Crippen LogP contribution in [0.15, 0.2) is 41.0 Å². The summed E-state index contributed by atoms with van der Waals surface area (Å²) in [6.45, 7) is 5.50. The van der Waals surface area contributed by atoms with Gasteiger partial charge in [0.2, 0.25) is 10.0 Å². The maximum atomic E-state index is 13.0. The molecule has 1 aromatic heterocycles. The number of carbonyl (C=O) groups is 1. The smallest absolute Gasteiger partial charge is 0.255 e. The first-order chi connectivity index (χ1) is 14.9. The molecule has 3 heterocycles. The van der Waals surface area contributed by atoms with Crippen molar-refractivity contribution >= 4 is 21.6 Å². The molecule has 1 N–H and O–H groups in total. The first-order valence-electron chi connectivity index (χ1n) is 11.1. The third kappa shape index (κ3) is 4.65. The SMILES string of the molecule is CCCS(=O)(=O)N1CCC(NC(=O)c2ccoc2CN2c3ccccc3CC2C)CC1. The Kier molecular flexibility index (Phi) is 6.39. The fraction of sp³-hybridized carbons (Fsp3) is 0.522. The number of para-hydroxylation sites is 1. The van der Waals surface area contributed by atoms with Crippen LogP contribution in [0.5, 0.6) is 0 Å². The highest BCUT2D eigenvalue weighted by molar-refractivity contribution is 7.89. The first-order valence-corrected chi connectivity index (χ1v) is 12.7. The Morgan fingerprint density at radius 1 is 1.19 bits per heavy atom. The maximum absolute atomic E-state index is 13.0. The number of hydrogen-bond acceptors (Lipinski definition) is 5. The van der Waals surface area contributed by atoms with Crippen molar-refractivity contribution in [2.75, 3.05) is 23.7 Å². The summed E-state index contributed by atoms with van der Waals surface area (Å²) in [4.78, 5) is 15.2. The van der Waals surface area contributed by atoms with Crippen molar-refractivity contribution in [3.05, 3.63) is 53.5 Å². The predicted octanol–water partition coefficient (Wildman–Crippen LogP) is 3.16. The quantitative estimate of drug-likeness (QED) is 0.708. The van der Waals surface area contributed by atoms with Crippen molar-refractivity contribution in [1.29, 1.82) is 0 Å². The highest BCUT2D eigenvalue weighted by Gasteiger charge is 2.30. The normalized spacial score (nSPS) is 20.1. The van der Waals surface area contributed by atoms with Gasteiger partial charge in [0, 0.05) is 30.9 Å². The van der Waals surface area contributed by atoms with E-state index in [-0.39, 0.29) is 17.7 Å². The molecule has 0 radical (unpaired) electrons. The summed E-state index contributed by atoms with van der Waals surface area (Å²) < 4.78 is 31.7. The van der Waals surface area contributed by atoms with Gasteiger partial charge < -0.3 is 14.6 Å². The molecule has 31 heavy (non-hydrogen) atoms. The second-order valence-corrected chi connectivity index (χ2v) is 10.6. The lowest BCUT2D eigenvalue weighted by atomic mass is 10.1. The van der Waals surface area contributed by atoms with Gasteiger partial charge in [0.15, 0.2) is 0 Å². The number of sulfonamides is 1. The van der Waals surface area contributed by atoms with Gasteiger partial charge in [-0.05, 0) is 50.3 Å². The van der Waals surface area contributed by atoms with Crippen molar-refractivity contribution in [3.63, 3.8) is 0 Å². The van der Waals surface area contributed by atoms with Crippen LogP contribution in [0.3, 0.4) is 0 Å². The van der Waals surface area contributed by atoms with Crippen LogP contribution in [0, 0.1) is 0 Å². The summed E-state index contributed by atoms with van der Waals surface area (Å²) in [7, 11) is -3.18. The number of nitrogens with one attached hydrogen (secondary N) is 1. The van der Waals surface area contributed by atoms with Crippen molar-refractivity contribution in [1.82, 2.24) is 9.62 Å². The Balaban J connectivity index is 1.38. The molecular weight excluding hydrogens is 414 g/mol. The summed E-state index contributed by atoms with van der Waals surface area (Å²) in [6.07, 6.45) is 4.41. The first kappa shape index (κ1) is 21.9. The minimum Gasteiger partial charge on any atom is -0.467 e. The van der Waals surface area contributed by atoms with Gasteiger partial charge in [-0.1, -0.05) is 25.1 Å². The molecule has 8 heteroatoms. The molecule has 7 nitrogen and oxygen atoms in total. The van der Waals surface area contributed by atoms with Gasteiger partial charge in [-0.25, -0.2) is 12.7 Å². The van der Waals surface area contributed by atoms with E-state index in [1.165, 1.54) is 11.3 Å². The lowest BCUT2D eigenvalue weighted by Gasteiger charge is -2.31. The van der Waals surface area contributed by atoms with Gasteiger partial charge in [0.1, 0.15) is 5.76 Å². The van der Waals surface area contributed by atoms with Crippen molar-refractivity contribution in [2.45, 2.75) is 58.2 Å². The number of amides is 1. The lowest BCUT2D eigenvalue weighted by Crippen LogP contribution is -2.47. The van der Waals surface area contributed by atoms with Crippen molar-refractivity contribution in [3.8, 4) is 0 Å². The third-order valence-electron chi connectivity index (χ3n) is 6.30. The van der Waals surface area contributed by atoms with E-state index in [1.807, 2.05) is 13.0 Å². The summed E-state index contributed by atoms with van der Waals surface area (Å²) >= 11 is 0. The molecule has 4 rings (SSSR count). The fourth-order valence-corrected chi connectivity index (χ4v) is 6.16. The minimum absolute atomic E-state index is 0.0326. The predicted molar refractivity (Wildman–Crippen MR) is 121 cm³/mol. The zero-order valence-corrected chi connectivity index (χ0v) is 19.0. The third-order valence-corrected chi connectivity index (χ3v) is 8.37. The molecule has 1 amide bonds. The van der Waals surface area contributed by atoms with E-state index in [4.69, 9.17) is 4.42 Å². The molecule has 1 fully saturated rings. The molecule has 1 unspecified atom stereocenters. The summed E-state index contributed by atoms with van der Waals surface area (Å²) in [5.74, 6) is 0.684. The molecular formula is C23H31N3O4S. The molecule has 2 aliphatic heterocycles. The fourth-order valence-electron chi connectivity index (χ4n) is 4.62. The van der Waals surface area contributed by atoms with Gasteiger partial charge in [0.25, 0.3) is 5.91 Å². The van der Waals surface area contributed by atoms with Crippen LogP contribution < -0.4 is 10.2 Å². The van der Waals surface area contributed by atoms with Crippen molar-refractivity contribution in [2.24, 2.45) is 0 Å². The minimum atomic E-state index is -3.18. The number of piperidine rings is 1.